The summed E-state index contributed by atoms with van der Waals surface area (Å²) in [6.07, 6.45) is 1.91. The van der Waals surface area contributed by atoms with Gasteiger partial charge in [-0.15, -0.1) is 0 Å². The predicted molar refractivity (Wildman–Crippen MR) is 96.7 cm³/mol. The van der Waals surface area contributed by atoms with E-state index in [4.69, 9.17) is 21.1 Å². The lowest BCUT2D eigenvalue weighted by molar-refractivity contribution is -0.137. The molecule has 0 aliphatic heterocycles. The average molecular weight is 382 g/mol. The predicted octanol–water partition coefficient (Wildman–Crippen LogP) is 2.76. The molecule has 1 aromatic heterocycles. The van der Waals surface area contributed by atoms with Crippen LogP contribution in [0.1, 0.15) is 36.8 Å². The zero-order valence-corrected chi connectivity index (χ0v) is 15.1. The maximum Gasteiger partial charge on any atom is 0.340 e. The molecule has 0 atom stereocenters. The van der Waals surface area contributed by atoms with Gasteiger partial charge in [0.1, 0.15) is 11.3 Å². The highest BCUT2D eigenvalue weighted by atomic mass is 35.5. The van der Waals surface area contributed by atoms with Gasteiger partial charge in [0.2, 0.25) is 5.91 Å². The second-order valence-electron chi connectivity index (χ2n) is 6.02. The van der Waals surface area contributed by atoms with E-state index in [1.54, 1.807) is 6.92 Å². The summed E-state index contributed by atoms with van der Waals surface area (Å²) in [5.74, 6) is -1.33. The number of fused-ring (bicyclic) bond motifs is 1. The van der Waals surface area contributed by atoms with E-state index in [-0.39, 0.29) is 40.7 Å². The van der Waals surface area contributed by atoms with Crippen LogP contribution in [0.15, 0.2) is 21.3 Å². The fraction of sp³-hybridized carbons (Fsp3) is 0.389. The lowest BCUT2D eigenvalue weighted by atomic mass is 10.0. The average Bonchev–Trinajstić information content (AvgIpc) is 2.56. The van der Waals surface area contributed by atoms with Crippen LogP contribution in [0.2, 0.25) is 5.02 Å². The molecule has 0 saturated heterocycles. The van der Waals surface area contributed by atoms with Crippen LogP contribution in [0.3, 0.4) is 0 Å². The molecule has 2 rings (SSSR count). The second-order valence-corrected chi connectivity index (χ2v) is 6.43. The number of phenols is 1. The van der Waals surface area contributed by atoms with E-state index in [1.807, 2.05) is 0 Å². The van der Waals surface area contributed by atoms with Crippen molar-refractivity contribution >= 4 is 34.4 Å². The van der Waals surface area contributed by atoms with E-state index >= 15 is 0 Å². The van der Waals surface area contributed by atoms with Crippen molar-refractivity contribution in [2.45, 2.75) is 39.0 Å². The van der Waals surface area contributed by atoms with Crippen LogP contribution < -0.4 is 10.9 Å². The minimum atomic E-state index is -0.832. The first-order valence-corrected chi connectivity index (χ1v) is 8.60. The Hall–Kier alpha value is -2.54. The Labute approximate surface area is 154 Å². The molecule has 26 heavy (non-hydrogen) atoms. The molecule has 1 heterocycles. The number of carboxylic acid groups (broad SMARTS) is 1. The van der Waals surface area contributed by atoms with Crippen molar-refractivity contribution in [3.63, 3.8) is 0 Å². The highest BCUT2D eigenvalue weighted by Gasteiger charge is 2.16. The quantitative estimate of drug-likeness (QED) is 0.478. The standard InChI is InChI=1S/C18H20ClNO6/c1-10-11-7-13(19)14(21)9-15(11)26-18(25)12(10)8-16(22)20-6-4-2-3-5-17(23)24/h7,9,21H,2-6,8H2,1H3,(H,20,22)(H,23,24). The lowest BCUT2D eigenvalue weighted by Crippen LogP contribution is -2.28. The van der Waals surface area contributed by atoms with Crippen LogP contribution in [0.5, 0.6) is 5.75 Å². The van der Waals surface area contributed by atoms with Crippen molar-refractivity contribution < 1.29 is 24.2 Å². The largest absolute Gasteiger partial charge is 0.506 e. The van der Waals surface area contributed by atoms with Gasteiger partial charge in [0.25, 0.3) is 0 Å². The molecule has 0 fully saturated rings. The van der Waals surface area contributed by atoms with Crippen LogP contribution in [-0.4, -0.2) is 28.6 Å². The molecule has 2 aromatic rings. The number of aryl methyl sites for hydroxylation is 1. The molecular formula is C18H20ClNO6. The Morgan fingerprint density at radius 3 is 2.65 bits per heavy atom. The van der Waals surface area contributed by atoms with Crippen molar-refractivity contribution in [2.75, 3.05) is 6.54 Å². The molecule has 7 nitrogen and oxygen atoms in total. The van der Waals surface area contributed by atoms with Gasteiger partial charge in [0.15, 0.2) is 0 Å². The van der Waals surface area contributed by atoms with Gasteiger partial charge in [-0.3, -0.25) is 9.59 Å². The number of hydrogen-bond acceptors (Lipinski definition) is 5. The van der Waals surface area contributed by atoms with E-state index in [2.05, 4.69) is 5.32 Å². The summed E-state index contributed by atoms with van der Waals surface area (Å²) in [4.78, 5) is 34.6. The number of amides is 1. The Bertz CT molecular complexity index is 889. The number of halogens is 1. The zero-order valence-electron chi connectivity index (χ0n) is 14.3. The number of benzene rings is 1. The van der Waals surface area contributed by atoms with Gasteiger partial charge in [0.05, 0.1) is 17.0 Å². The number of unbranched alkanes of at least 4 members (excludes halogenated alkanes) is 2. The number of hydrogen-bond donors (Lipinski definition) is 3. The number of phenolic OH excluding ortho intramolecular Hbond substituents is 1. The lowest BCUT2D eigenvalue weighted by Gasteiger charge is -2.09. The molecule has 8 heteroatoms. The third-order valence-corrected chi connectivity index (χ3v) is 4.38. The fourth-order valence-electron chi connectivity index (χ4n) is 2.63. The van der Waals surface area contributed by atoms with Crippen molar-refractivity contribution in [3.05, 3.63) is 38.7 Å². The second kappa shape index (κ2) is 8.71. The molecule has 1 aromatic carbocycles. The molecule has 0 unspecified atom stereocenters. The molecule has 0 saturated carbocycles. The first kappa shape index (κ1) is 19.8. The van der Waals surface area contributed by atoms with E-state index in [0.29, 0.717) is 36.8 Å². The van der Waals surface area contributed by atoms with Crippen LogP contribution in [0, 0.1) is 6.92 Å². The first-order valence-electron chi connectivity index (χ1n) is 8.23. The van der Waals surface area contributed by atoms with Gasteiger partial charge in [-0.05, 0) is 31.4 Å². The summed E-state index contributed by atoms with van der Waals surface area (Å²) in [6, 6.07) is 2.77. The van der Waals surface area contributed by atoms with Gasteiger partial charge >= 0.3 is 11.6 Å². The number of nitrogens with one attached hydrogen (secondary N) is 1. The van der Waals surface area contributed by atoms with Gasteiger partial charge in [-0.25, -0.2) is 4.79 Å². The molecule has 0 radical (unpaired) electrons. The van der Waals surface area contributed by atoms with Crippen LogP contribution in [0.4, 0.5) is 0 Å². The molecule has 0 spiro atoms. The van der Waals surface area contributed by atoms with E-state index in [1.165, 1.54) is 12.1 Å². The molecule has 140 valence electrons. The van der Waals surface area contributed by atoms with Crippen molar-refractivity contribution in [1.82, 2.24) is 5.32 Å². The molecule has 3 N–H and O–H groups in total. The number of aliphatic carboxylic acids is 1. The SMILES string of the molecule is Cc1c(CC(=O)NCCCCCC(=O)O)c(=O)oc2cc(O)c(Cl)cc12. The van der Waals surface area contributed by atoms with Gasteiger partial charge < -0.3 is 19.9 Å². The van der Waals surface area contributed by atoms with Gasteiger partial charge in [-0.2, -0.15) is 0 Å². The third kappa shape index (κ3) is 4.98. The maximum atomic E-state index is 12.1. The Morgan fingerprint density at radius 1 is 1.23 bits per heavy atom. The van der Waals surface area contributed by atoms with Crippen molar-refractivity contribution in [3.8, 4) is 5.75 Å². The Morgan fingerprint density at radius 2 is 1.96 bits per heavy atom. The summed E-state index contributed by atoms with van der Waals surface area (Å²) in [5, 5.41) is 21.6. The summed E-state index contributed by atoms with van der Waals surface area (Å²) in [5.41, 5.74) is 0.391. The van der Waals surface area contributed by atoms with Crippen LogP contribution >= 0.6 is 11.6 Å². The van der Waals surface area contributed by atoms with E-state index in [0.717, 1.165) is 0 Å². The molecule has 0 aliphatic carbocycles. The minimum absolute atomic E-state index is 0.114. The zero-order chi connectivity index (χ0) is 19.3. The number of rotatable bonds is 8. The summed E-state index contributed by atoms with van der Waals surface area (Å²) >= 11 is 5.90. The summed E-state index contributed by atoms with van der Waals surface area (Å²) < 4.78 is 5.18. The summed E-state index contributed by atoms with van der Waals surface area (Å²) in [6.45, 7) is 2.11. The van der Waals surface area contributed by atoms with Crippen LogP contribution in [0.25, 0.3) is 11.0 Å². The Balaban J connectivity index is 2.01. The number of carbonyl (C=O) groups excluding carboxylic acids is 1. The van der Waals surface area contributed by atoms with E-state index in [9.17, 15) is 19.5 Å². The molecule has 0 bridgehead atoms. The van der Waals surface area contributed by atoms with Gasteiger partial charge in [0, 0.05) is 24.4 Å². The van der Waals surface area contributed by atoms with Crippen molar-refractivity contribution in [1.29, 1.82) is 0 Å². The van der Waals surface area contributed by atoms with E-state index < -0.39 is 11.6 Å². The van der Waals surface area contributed by atoms with Crippen molar-refractivity contribution in [2.24, 2.45) is 0 Å². The maximum absolute atomic E-state index is 12.1. The molecule has 0 aliphatic rings. The molecule has 1 amide bonds. The topological polar surface area (TPSA) is 117 Å². The minimum Gasteiger partial charge on any atom is -0.506 e. The highest BCUT2D eigenvalue weighted by Crippen LogP contribution is 2.30. The summed E-state index contributed by atoms with van der Waals surface area (Å²) in [7, 11) is 0. The number of carbonyl (C=O) groups is 2. The Kier molecular flexibility index (Phi) is 6.63. The van der Waals surface area contributed by atoms with Crippen LogP contribution in [-0.2, 0) is 16.0 Å². The smallest absolute Gasteiger partial charge is 0.340 e. The fourth-order valence-corrected chi connectivity index (χ4v) is 2.79. The number of carboxylic acids is 1. The van der Waals surface area contributed by atoms with Gasteiger partial charge in [-0.1, -0.05) is 18.0 Å². The highest BCUT2D eigenvalue weighted by molar-refractivity contribution is 6.32. The first-order chi connectivity index (χ1) is 12.3. The monoisotopic (exact) mass is 381 g/mol. The molecular weight excluding hydrogens is 362 g/mol. The third-order valence-electron chi connectivity index (χ3n) is 4.08. The number of aromatic hydroxyl groups is 1. The normalized spacial score (nSPS) is 10.8.